The minimum atomic E-state index is -1.42. The van der Waals surface area contributed by atoms with Crippen LogP contribution in [0.3, 0.4) is 0 Å². The van der Waals surface area contributed by atoms with Gasteiger partial charge in [0.2, 0.25) is 0 Å². The van der Waals surface area contributed by atoms with Crippen molar-refractivity contribution in [2.24, 2.45) is 0 Å². The molecule has 0 saturated carbocycles. The van der Waals surface area contributed by atoms with Gasteiger partial charge in [0.25, 0.3) is 0 Å². The SMILES string of the molecule is O=C(O)CC(C(=O)O)c1cccc2c1oc1c(C(CC(=O)O)C(=O)O)ccc(-c3ccccc3)c12. The van der Waals surface area contributed by atoms with Crippen LogP contribution in [0.1, 0.15) is 35.8 Å². The van der Waals surface area contributed by atoms with Gasteiger partial charge in [0.05, 0.1) is 24.7 Å². The fourth-order valence-corrected chi connectivity index (χ4v) is 4.36. The highest BCUT2D eigenvalue weighted by Gasteiger charge is 2.31. The van der Waals surface area contributed by atoms with Gasteiger partial charge in [-0.25, -0.2) is 0 Å². The van der Waals surface area contributed by atoms with Crippen molar-refractivity contribution in [3.05, 3.63) is 71.8 Å². The molecule has 9 nitrogen and oxygen atoms in total. The number of carboxylic acid groups (broad SMARTS) is 4. The smallest absolute Gasteiger partial charge is 0.311 e. The van der Waals surface area contributed by atoms with E-state index in [0.717, 1.165) is 5.56 Å². The molecule has 0 fully saturated rings. The second-order valence-corrected chi connectivity index (χ2v) is 8.08. The summed E-state index contributed by atoms with van der Waals surface area (Å²) in [4.78, 5) is 46.6. The summed E-state index contributed by atoms with van der Waals surface area (Å²) in [7, 11) is 0. The number of carboxylic acids is 4. The Morgan fingerprint density at radius 3 is 1.77 bits per heavy atom. The lowest BCUT2D eigenvalue weighted by atomic mass is 9.89. The van der Waals surface area contributed by atoms with Crippen molar-refractivity contribution < 1.29 is 44.0 Å². The van der Waals surface area contributed by atoms with E-state index in [1.165, 1.54) is 12.1 Å². The van der Waals surface area contributed by atoms with Gasteiger partial charge in [0.15, 0.2) is 0 Å². The summed E-state index contributed by atoms with van der Waals surface area (Å²) in [6, 6.07) is 17.0. The summed E-state index contributed by atoms with van der Waals surface area (Å²) >= 11 is 0. The van der Waals surface area contributed by atoms with Gasteiger partial charge < -0.3 is 24.8 Å². The fraction of sp³-hybridized carbons (Fsp3) is 0.154. The first kappa shape index (κ1) is 23.5. The van der Waals surface area contributed by atoms with E-state index in [4.69, 9.17) is 4.42 Å². The molecular weight excluding hydrogens is 456 g/mol. The number of benzene rings is 3. The van der Waals surface area contributed by atoms with Crippen LogP contribution >= 0.6 is 0 Å². The number of fused-ring (bicyclic) bond motifs is 3. The zero-order valence-corrected chi connectivity index (χ0v) is 18.2. The lowest BCUT2D eigenvalue weighted by Crippen LogP contribution is -2.16. The number of hydrogen-bond donors (Lipinski definition) is 4. The van der Waals surface area contributed by atoms with Gasteiger partial charge in [0.1, 0.15) is 11.2 Å². The Hall–Kier alpha value is -4.66. The zero-order valence-electron chi connectivity index (χ0n) is 18.2. The molecule has 0 aliphatic carbocycles. The minimum Gasteiger partial charge on any atom is -0.481 e. The average molecular weight is 476 g/mol. The quantitative estimate of drug-likeness (QED) is 0.272. The maximum atomic E-state index is 12.0. The lowest BCUT2D eigenvalue weighted by molar-refractivity contribution is -0.145. The third kappa shape index (κ3) is 4.43. The van der Waals surface area contributed by atoms with Crippen LogP contribution in [0.15, 0.2) is 65.1 Å². The molecule has 2 atom stereocenters. The van der Waals surface area contributed by atoms with Crippen molar-refractivity contribution in [2.45, 2.75) is 24.7 Å². The fourth-order valence-electron chi connectivity index (χ4n) is 4.36. The standard InChI is InChI=1S/C26H20O9/c27-20(28)11-18(25(31)32)15-7-4-8-17-22-14(13-5-2-1-3-6-13)9-10-16(24(22)35-23(15)17)19(26(33)34)12-21(29)30/h1-10,18-19H,11-12H2,(H,27,28)(H,29,30)(H,31,32)(H,33,34). The van der Waals surface area contributed by atoms with Crippen molar-refractivity contribution in [3.8, 4) is 11.1 Å². The molecular formula is C26H20O9. The predicted octanol–water partition coefficient (Wildman–Crippen LogP) is 4.54. The maximum Gasteiger partial charge on any atom is 0.311 e. The monoisotopic (exact) mass is 476 g/mol. The molecule has 0 amide bonds. The number of hydrogen-bond acceptors (Lipinski definition) is 5. The normalized spacial score (nSPS) is 12.9. The van der Waals surface area contributed by atoms with Crippen LogP contribution in [0.5, 0.6) is 0 Å². The molecule has 0 saturated heterocycles. The van der Waals surface area contributed by atoms with Gasteiger partial charge in [0, 0.05) is 21.9 Å². The van der Waals surface area contributed by atoms with E-state index < -0.39 is 48.6 Å². The molecule has 1 aromatic heterocycles. The second-order valence-electron chi connectivity index (χ2n) is 8.08. The van der Waals surface area contributed by atoms with Crippen LogP contribution in [0.25, 0.3) is 33.1 Å². The second kappa shape index (κ2) is 9.30. The van der Waals surface area contributed by atoms with Gasteiger partial charge >= 0.3 is 23.9 Å². The van der Waals surface area contributed by atoms with Crippen LogP contribution in [-0.4, -0.2) is 44.3 Å². The molecule has 0 aliphatic heterocycles. The van der Waals surface area contributed by atoms with E-state index >= 15 is 0 Å². The van der Waals surface area contributed by atoms with E-state index in [0.29, 0.717) is 16.3 Å². The van der Waals surface area contributed by atoms with Gasteiger partial charge in [-0.15, -0.1) is 0 Å². The van der Waals surface area contributed by atoms with Gasteiger partial charge in [-0.3, -0.25) is 19.2 Å². The first-order valence-corrected chi connectivity index (χ1v) is 10.6. The van der Waals surface area contributed by atoms with Crippen LogP contribution < -0.4 is 0 Å². The number of rotatable bonds is 9. The minimum absolute atomic E-state index is 0.111. The molecule has 35 heavy (non-hydrogen) atoms. The first-order valence-electron chi connectivity index (χ1n) is 10.6. The molecule has 4 rings (SSSR count). The summed E-state index contributed by atoms with van der Waals surface area (Å²) in [5, 5.41) is 39.0. The Kier molecular flexibility index (Phi) is 6.24. The average Bonchev–Trinajstić information content (AvgIpc) is 3.21. The third-order valence-electron chi connectivity index (χ3n) is 5.90. The van der Waals surface area contributed by atoms with Crippen molar-refractivity contribution >= 4 is 45.8 Å². The molecule has 0 aliphatic rings. The largest absolute Gasteiger partial charge is 0.481 e. The molecule has 2 unspecified atom stereocenters. The van der Waals surface area contributed by atoms with Crippen LogP contribution in [0, 0.1) is 0 Å². The Morgan fingerprint density at radius 2 is 1.23 bits per heavy atom. The van der Waals surface area contributed by atoms with E-state index in [-0.39, 0.29) is 22.3 Å². The molecule has 178 valence electrons. The van der Waals surface area contributed by atoms with Crippen LogP contribution in [0.2, 0.25) is 0 Å². The highest BCUT2D eigenvalue weighted by atomic mass is 16.4. The van der Waals surface area contributed by atoms with Crippen molar-refractivity contribution in [1.82, 2.24) is 0 Å². The molecule has 3 aromatic carbocycles. The van der Waals surface area contributed by atoms with E-state index in [1.54, 1.807) is 18.2 Å². The lowest BCUT2D eigenvalue weighted by Gasteiger charge is -2.13. The Balaban J connectivity index is 2.10. The first-order chi connectivity index (χ1) is 16.7. The zero-order chi connectivity index (χ0) is 25.3. The molecule has 0 bridgehead atoms. The Bertz CT molecular complexity index is 1470. The van der Waals surface area contributed by atoms with E-state index in [1.807, 2.05) is 30.3 Å². The van der Waals surface area contributed by atoms with Gasteiger partial charge in [-0.05, 0) is 11.1 Å². The van der Waals surface area contributed by atoms with E-state index in [2.05, 4.69) is 0 Å². The number of para-hydroxylation sites is 1. The highest BCUT2D eigenvalue weighted by Crippen LogP contribution is 2.43. The predicted molar refractivity (Wildman–Crippen MR) is 124 cm³/mol. The summed E-state index contributed by atoms with van der Waals surface area (Å²) in [6.45, 7) is 0. The highest BCUT2D eigenvalue weighted by molar-refractivity contribution is 6.15. The van der Waals surface area contributed by atoms with E-state index in [9.17, 15) is 39.6 Å². The molecule has 0 spiro atoms. The molecule has 4 N–H and O–H groups in total. The molecule has 1 heterocycles. The van der Waals surface area contributed by atoms with Gasteiger partial charge in [-0.1, -0.05) is 60.7 Å². The van der Waals surface area contributed by atoms with Crippen molar-refractivity contribution in [2.75, 3.05) is 0 Å². The number of aliphatic carboxylic acids is 4. The third-order valence-corrected chi connectivity index (χ3v) is 5.90. The molecule has 0 radical (unpaired) electrons. The summed E-state index contributed by atoms with van der Waals surface area (Å²) in [5.74, 6) is -8.13. The van der Waals surface area contributed by atoms with Crippen molar-refractivity contribution in [1.29, 1.82) is 0 Å². The summed E-state index contributed by atoms with van der Waals surface area (Å²) in [6.07, 6.45) is -1.36. The van der Waals surface area contributed by atoms with Crippen LogP contribution in [0.4, 0.5) is 0 Å². The molecule has 9 heteroatoms. The topological polar surface area (TPSA) is 162 Å². The van der Waals surface area contributed by atoms with Crippen molar-refractivity contribution in [3.63, 3.8) is 0 Å². The van der Waals surface area contributed by atoms with Crippen LogP contribution in [-0.2, 0) is 19.2 Å². The van der Waals surface area contributed by atoms with Gasteiger partial charge in [-0.2, -0.15) is 0 Å². The number of carbonyl (C=O) groups is 4. The summed E-state index contributed by atoms with van der Waals surface area (Å²) < 4.78 is 6.09. The Morgan fingerprint density at radius 1 is 0.657 bits per heavy atom. The maximum absolute atomic E-state index is 12.0. The summed E-state index contributed by atoms with van der Waals surface area (Å²) in [5.41, 5.74) is 1.93. The molecule has 4 aromatic rings. The Labute approximate surface area is 197 Å². The number of furan rings is 1.